The molecular weight excluding hydrogens is 321 g/mol. The van der Waals surface area contributed by atoms with E-state index in [0.717, 1.165) is 13.1 Å². The number of hydrogen-bond acceptors (Lipinski definition) is 1. The number of amides is 1. The molecule has 0 unspecified atom stereocenters. The van der Waals surface area contributed by atoms with Crippen molar-refractivity contribution in [3.8, 4) is 0 Å². The molecule has 0 bridgehead atoms. The van der Waals surface area contributed by atoms with Crippen LogP contribution in [-0.4, -0.2) is 49.6 Å². The quantitative estimate of drug-likeness (QED) is 0.633. The van der Waals surface area contributed by atoms with Gasteiger partial charge in [-0.25, -0.2) is 0 Å². The Hall–Kier alpha value is -0.190. The van der Waals surface area contributed by atoms with Crippen molar-refractivity contribution < 1.29 is 4.79 Å². The molecule has 1 aliphatic rings. The fraction of sp³-hybridized carbons (Fsp3) is 0.846. The van der Waals surface area contributed by atoms with E-state index >= 15 is 0 Å². The Labute approximate surface area is 136 Å². The number of guanidine groups is 1. The number of alkyl halides is 3. The Morgan fingerprint density at radius 3 is 1.55 bits per heavy atom. The third-order valence-corrected chi connectivity index (χ3v) is 3.58. The van der Waals surface area contributed by atoms with Gasteiger partial charge in [-0.1, -0.05) is 34.8 Å². The second kappa shape index (κ2) is 5.54. The molecule has 0 spiro atoms. The van der Waals surface area contributed by atoms with Crippen LogP contribution in [0.4, 0.5) is 0 Å². The van der Waals surface area contributed by atoms with Crippen LogP contribution < -0.4 is 0 Å². The van der Waals surface area contributed by atoms with Gasteiger partial charge >= 0.3 is 5.91 Å². The van der Waals surface area contributed by atoms with E-state index in [9.17, 15) is 4.79 Å². The van der Waals surface area contributed by atoms with E-state index in [1.54, 1.807) is 0 Å². The lowest BCUT2D eigenvalue weighted by molar-refractivity contribution is -0.117. The lowest BCUT2D eigenvalue weighted by atomic mass is 10.1. The molecule has 0 aromatic carbocycles. The van der Waals surface area contributed by atoms with Gasteiger partial charge in [-0.05, 0) is 41.5 Å². The molecule has 0 atom stereocenters. The Kier molecular flexibility index (Phi) is 4.95. The van der Waals surface area contributed by atoms with Crippen molar-refractivity contribution in [2.24, 2.45) is 4.99 Å². The van der Waals surface area contributed by atoms with Crippen molar-refractivity contribution in [1.82, 2.24) is 9.80 Å². The van der Waals surface area contributed by atoms with E-state index in [-0.39, 0.29) is 11.1 Å². The Morgan fingerprint density at radius 2 is 1.30 bits per heavy atom. The van der Waals surface area contributed by atoms with E-state index in [1.165, 1.54) is 0 Å². The van der Waals surface area contributed by atoms with Gasteiger partial charge in [0, 0.05) is 24.2 Å². The van der Waals surface area contributed by atoms with E-state index < -0.39 is 9.70 Å². The summed E-state index contributed by atoms with van der Waals surface area (Å²) in [5.41, 5.74) is -0.320. The first-order valence-electron chi connectivity index (χ1n) is 6.50. The fourth-order valence-electron chi connectivity index (χ4n) is 2.09. The molecule has 1 aliphatic heterocycles. The number of rotatable bonds is 0. The van der Waals surface area contributed by atoms with Crippen molar-refractivity contribution >= 4 is 46.7 Å². The highest BCUT2D eigenvalue weighted by atomic mass is 35.6. The Bertz CT molecular complexity index is 392. The number of carbonyl (C=O) groups excluding carboxylic acids is 1. The average molecular weight is 343 g/mol. The van der Waals surface area contributed by atoms with Crippen molar-refractivity contribution in [2.45, 2.75) is 56.4 Å². The molecule has 1 heterocycles. The smallest absolute Gasteiger partial charge is 0.300 e. The van der Waals surface area contributed by atoms with E-state index in [0.29, 0.717) is 5.96 Å². The maximum atomic E-state index is 11.9. The van der Waals surface area contributed by atoms with Crippen molar-refractivity contribution in [3.05, 3.63) is 0 Å². The van der Waals surface area contributed by atoms with Crippen molar-refractivity contribution in [2.75, 3.05) is 13.1 Å². The summed E-state index contributed by atoms with van der Waals surface area (Å²) in [6.07, 6.45) is 0. The van der Waals surface area contributed by atoms with Gasteiger partial charge in [0.25, 0.3) is 3.79 Å². The molecule has 0 aromatic heterocycles. The highest BCUT2D eigenvalue weighted by Gasteiger charge is 2.41. The number of aliphatic imine (C=N–C) groups is 1. The van der Waals surface area contributed by atoms with Crippen molar-refractivity contribution in [3.63, 3.8) is 0 Å². The third-order valence-electron chi connectivity index (χ3n) is 3.09. The monoisotopic (exact) mass is 341 g/mol. The average Bonchev–Trinajstić information content (AvgIpc) is 2.58. The molecule has 0 aliphatic carbocycles. The maximum Gasteiger partial charge on any atom is 0.300 e. The Morgan fingerprint density at radius 1 is 0.950 bits per heavy atom. The second-order valence-electron chi connectivity index (χ2n) is 6.86. The van der Waals surface area contributed by atoms with Crippen LogP contribution in [0.2, 0.25) is 0 Å². The van der Waals surface area contributed by atoms with Gasteiger partial charge in [0.1, 0.15) is 0 Å². The largest absolute Gasteiger partial charge is 0.336 e. The summed E-state index contributed by atoms with van der Waals surface area (Å²) in [5.74, 6) is -0.191. The summed E-state index contributed by atoms with van der Waals surface area (Å²) < 4.78 is -2.03. The second-order valence-corrected chi connectivity index (χ2v) is 9.14. The van der Waals surface area contributed by atoms with Crippen LogP contribution in [0.15, 0.2) is 4.99 Å². The first kappa shape index (κ1) is 17.9. The van der Waals surface area contributed by atoms with Crippen LogP contribution in [-0.2, 0) is 4.79 Å². The zero-order chi connectivity index (χ0) is 15.9. The number of nitrogens with zero attached hydrogens (tertiary/aromatic N) is 3. The highest BCUT2D eigenvalue weighted by Crippen LogP contribution is 2.30. The van der Waals surface area contributed by atoms with E-state index in [4.69, 9.17) is 34.8 Å². The molecule has 0 saturated carbocycles. The first-order chi connectivity index (χ1) is 8.74. The molecule has 1 fully saturated rings. The molecule has 116 valence electrons. The molecule has 0 radical (unpaired) electrons. The van der Waals surface area contributed by atoms with Crippen LogP contribution in [0.1, 0.15) is 41.5 Å². The number of halogens is 3. The minimum atomic E-state index is -2.03. The van der Waals surface area contributed by atoms with Gasteiger partial charge in [-0.2, -0.15) is 4.99 Å². The zero-order valence-corrected chi connectivity index (χ0v) is 15.1. The summed E-state index contributed by atoms with van der Waals surface area (Å²) in [6, 6.07) is 0. The minimum absolute atomic E-state index is 0.160. The van der Waals surface area contributed by atoms with Crippen molar-refractivity contribution in [1.29, 1.82) is 0 Å². The van der Waals surface area contributed by atoms with Gasteiger partial charge < -0.3 is 9.80 Å². The maximum absolute atomic E-state index is 11.9. The van der Waals surface area contributed by atoms with Crippen LogP contribution in [0.5, 0.6) is 0 Å². The molecule has 0 aromatic rings. The third kappa shape index (κ3) is 4.15. The molecular formula is C13H22Cl3N3O. The highest BCUT2D eigenvalue weighted by molar-refractivity contribution is 6.76. The molecule has 7 heteroatoms. The summed E-state index contributed by atoms with van der Waals surface area (Å²) in [6.45, 7) is 14.0. The lowest BCUT2D eigenvalue weighted by Gasteiger charge is -2.38. The predicted octanol–water partition coefficient (Wildman–Crippen LogP) is 3.45. The van der Waals surface area contributed by atoms with E-state index in [2.05, 4.69) is 56.3 Å². The normalized spacial score (nSPS) is 17.8. The molecule has 0 N–H and O–H groups in total. The van der Waals surface area contributed by atoms with E-state index in [1.807, 2.05) is 0 Å². The van der Waals surface area contributed by atoms with Gasteiger partial charge in [0.2, 0.25) is 5.96 Å². The number of carbonyl (C=O) groups is 1. The topological polar surface area (TPSA) is 35.9 Å². The van der Waals surface area contributed by atoms with Gasteiger partial charge in [0.05, 0.1) is 0 Å². The molecule has 1 saturated heterocycles. The van der Waals surface area contributed by atoms with Crippen LogP contribution >= 0.6 is 34.8 Å². The summed E-state index contributed by atoms with van der Waals surface area (Å²) >= 11 is 16.9. The molecule has 4 nitrogen and oxygen atoms in total. The standard InChI is InChI=1S/C13H22Cl3N3O/c1-11(2,3)18-7-8-19(12(4,5)6)10(18)17-9(20)13(14,15)16/h7-8H2,1-6H3. The minimum Gasteiger partial charge on any atom is -0.336 e. The predicted molar refractivity (Wildman–Crippen MR) is 85.7 cm³/mol. The van der Waals surface area contributed by atoms with Gasteiger partial charge in [-0.15, -0.1) is 0 Å². The van der Waals surface area contributed by atoms with Gasteiger partial charge in [-0.3, -0.25) is 4.79 Å². The molecule has 20 heavy (non-hydrogen) atoms. The fourth-order valence-corrected chi connectivity index (χ4v) is 2.22. The summed E-state index contributed by atoms with van der Waals surface area (Å²) in [7, 11) is 0. The zero-order valence-electron chi connectivity index (χ0n) is 12.8. The van der Waals surface area contributed by atoms with Crippen LogP contribution in [0.3, 0.4) is 0 Å². The Balaban J connectivity index is 3.22. The summed E-state index contributed by atoms with van der Waals surface area (Å²) in [4.78, 5) is 20.1. The number of hydrogen-bond donors (Lipinski definition) is 0. The first-order valence-corrected chi connectivity index (χ1v) is 7.63. The molecule has 1 rings (SSSR count). The molecule has 1 amide bonds. The summed E-state index contributed by atoms with van der Waals surface area (Å²) in [5, 5.41) is 0. The lowest BCUT2D eigenvalue weighted by Crippen LogP contribution is -2.50. The van der Waals surface area contributed by atoms with Crippen LogP contribution in [0.25, 0.3) is 0 Å². The van der Waals surface area contributed by atoms with Crippen LogP contribution in [0, 0.1) is 0 Å². The van der Waals surface area contributed by atoms with Gasteiger partial charge in [0.15, 0.2) is 0 Å². The SMILES string of the molecule is CC(C)(C)N1CCN(C(C)(C)C)C1=NC(=O)C(Cl)(Cl)Cl.